The third kappa shape index (κ3) is 6.13. The molecule has 1 N–H and O–H groups in total. The summed E-state index contributed by atoms with van der Waals surface area (Å²) in [4.78, 5) is 42.1. The molecule has 0 aliphatic carbocycles. The van der Waals surface area contributed by atoms with E-state index in [4.69, 9.17) is 21.1 Å². The van der Waals surface area contributed by atoms with Crippen LogP contribution in [0.2, 0.25) is 5.02 Å². The van der Waals surface area contributed by atoms with E-state index in [1.807, 2.05) is 43.3 Å². The van der Waals surface area contributed by atoms with E-state index in [2.05, 4.69) is 0 Å². The molecule has 3 aromatic carbocycles. The Hall–Kier alpha value is -3.88. The number of nitrogens with zero attached hydrogens (tertiary/aromatic N) is 2. The number of amides is 2. The fraction of sp³-hybridized carbons (Fsp3) is 0.323. The second-order valence-corrected chi connectivity index (χ2v) is 10.2. The molecule has 0 saturated carbocycles. The maximum absolute atomic E-state index is 13.7. The molecule has 0 radical (unpaired) electrons. The molecule has 2 amide bonds. The van der Waals surface area contributed by atoms with Gasteiger partial charge < -0.3 is 24.4 Å². The Morgan fingerprint density at radius 2 is 1.73 bits per heavy atom. The molecule has 2 atom stereocenters. The van der Waals surface area contributed by atoms with Gasteiger partial charge in [-0.2, -0.15) is 0 Å². The lowest BCUT2D eigenvalue weighted by atomic mass is 9.88. The predicted octanol–water partition coefficient (Wildman–Crippen LogP) is 5.79. The van der Waals surface area contributed by atoms with Gasteiger partial charge in [0.15, 0.2) is 5.60 Å². The molecule has 4 rings (SSSR count). The SMILES string of the molecule is CCN(C(=O)C1CCN(C(=O)c2ccc(OCCC(C)(OC)C(=O)O)cc2)c2ccccc21)c1ccc(Cl)cc1. The van der Waals surface area contributed by atoms with Gasteiger partial charge in [-0.3, -0.25) is 9.59 Å². The molecule has 9 heteroatoms. The monoisotopic (exact) mass is 564 g/mol. The number of likely N-dealkylation sites (N-methyl/N-ethyl adjacent to an activating group) is 1. The van der Waals surface area contributed by atoms with Crippen molar-refractivity contribution in [3.05, 3.63) is 88.9 Å². The second-order valence-electron chi connectivity index (χ2n) is 9.78. The molecule has 0 bridgehead atoms. The average molecular weight is 565 g/mol. The second kappa shape index (κ2) is 12.5. The van der Waals surface area contributed by atoms with E-state index in [0.29, 0.717) is 35.8 Å². The van der Waals surface area contributed by atoms with Crippen molar-refractivity contribution in [3.63, 3.8) is 0 Å². The number of aliphatic carboxylic acids is 1. The number of para-hydroxylation sites is 1. The van der Waals surface area contributed by atoms with Gasteiger partial charge in [0.2, 0.25) is 5.91 Å². The molecule has 0 aromatic heterocycles. The molecule has 2 unspecified atom stereocenters. The van der Waals surface area contributed by atoms with Crippen molar-refractivity contribution in [2.45, 2.75) is 38.2 Å². The third-order valence-corrected chi connectivity index (χ3v) is 7.61. The van der Waals surface area contributed by atoms with Crippen LogP contribution in [0.25, 0.3) is 0 Å². The van der Waals surface area contributed by atoms with E-state index in [-0.39, 0.29) is 30.8 Å². The van der Waals surface area contributed by atoms with E-state index < -0.39 is 11.6 Å². The van der Waals surface area contributed by atoms with Gasteiger partial charge in [0.25, 0.3) is 5.91 Å². The van der Waals surface area contributed by atoms with Crippen LogP contribution < -0.4 is 14.5 Å². The number of fused-ring (bicyclic) bond motifs is 1. The average Bonchev–Trinajstić information content (AvgIpc) is 2.97. The number of halogens is 1. The fourth-order valence-electron chi connectivity index (χ4n) is 4.81. The van der Waals surface area contributed by atoms with E-state index in [9.17, 15) is 19.5 Å². The number of carboxylic acids is 1. The first-order chi connectivity index (χ1) is 19.2. The Balaban J connectivity index is 1.48. The topological polar surface area (TPSA) is 96.4 Å². The number of anilines is 2. The molecular weight excluding hydrogens is 532 g/mol. The number of hydrogen-bond donors (Lipinski definition) is 1. The highest BCUT2D eigenvalue weighted by Gasteiger charge is 2.35. The van der Waals surface area contributed by atoms with Crippen LogP contribution in [0.1, 0.15) is 48.5 Å². The summed E-state index contributed by atoms with van der Waals surface area (Å²) in [6.45, 7) is 4.48. The van der Waals surface area contributed by atoms with Crippen molar-refractivity contribution < 1.29 is 29.0 Å². The minimum Gasteiger partial charge on any atom is -0.493 e. The van der Waals surface area contributed by atoms with Crippen LogP contribution in [0.3, 0.4) is 0 Å². The van der Waals surface area contributed by atoms with Gasteiger partial charge in [-0.1, -0.05) is 29.8 Å². The third-order valence-electron chi connectivity index (χ3n) is 7.36. The molecule has 1 aliphatic rings. The van der Waals surface area contributed by atoms with Crippen LogP contribution in [0.15, 0.2) is 72.8 Å². The summed E-state index contributed by atoms with van der Waals surface area (Å²) < 4.78 is 10.8. The highest BCUT2D eigenvalue weighted by molar-refractivity contribution is 6.30. The van der Waals surface area contributed by atoms with Crippen LogP contribution in [0.4, 0.5) is 11.4 Å². The standard InChI is InChI=1S/C31H33ClN2O6/c1-4-33(23-13-11-22(32)12-14-23)29(36)26-17-19-34(27-8-6-5-7-25(26)27)28(35)21-9-15-24(16-10-21)40-20-18-31(2,39-3)30(37)38/h5-16,26H,4,17-20H2,1-3H3,(H,37,38). The van der Waals surface area contributed by atoms with E-state index >= 15 is 0 Å². The lowest BCUT2D eigenvalue weighted by molar-refractivity contribution is -0.161. The number of carbonyl (C=O) groups is 3. The van der Waals surface area contributed by atoms with E-state index in [1.54, 1.807) is 46.2 Å². The van der Waals surface area contributed by atoms with Crippen LogP contribution in [0, 0.1) is 0 Å². The highest BCUT2D eigenvalue weighted by atomic mass is 35.5. The van der Waals surface area contributed by atoms with E-state index in [1.165, 1.54) is 14.0 Å². The summed E-state index contributed by atoms with van der Waals surface area (Å²) in [6.07, 6.45) is 0.659. The van der Waals surface area contributed by atoms with E-state index in [0.717, 1.165) is 16.9 Å². The number of benzene rings is 3. The fourth-order valence-corrected chi connectivity index (χ4v) is 4.94. The lowest BCUT2D eigenvalue weighted by Crippen LogP contribution is -2.42. The van der Waals surface area contributed by atoms with Gasteiger partial charge in [0.1, 0.15) is 5.75 Å². The van der Waals surface area contributed by atoms with Crippen molar-refractivity contribution in [3.8, 4) is 5.75 Å². The quantitative estimate of drug-likeness (QED) is 0.335. The molecule has 3 aromatic rings. The number of carbonyl (C=O) groups excluding carboxylic acids is 2. The van der Waals surface area contributed by atoms with Crippen LogP contribution in [-0.2, 0) is 14.3 Å². The molecule has 1 heterocycles. The van der Waals surface area contributed by atoms with Gasteiger partial charge in [-0.15, -0.1) is 0 Å². The van der Waals surface area contributed by atoms with Crippen molar-refractivity contribution in [1.82, 2.24) is 0 Å². The summed E-state index contributed by atoms with van der Waals surface area (Å²) >= 11 is 6.04. The van der Waals surface area contributed by atoms with Crippen molar-refractivity contribution >= 4 is 40.8 Å². The molecule has 1 aliphatic heterocycles. The van der Waals surface area contributed by atoms with Gasteiger partial charge in [0, 0.05) is 48.6 Å². The predicted molar refractivity (Wildman–Crippen MR) is 155 cm³/mol. The molecule has 40 heavy (non-hydrogen) atoms. The minimum absolute atomic E-state index is 0.0154. The number of ether oxygens (including phenoxy) is 2. The maximum Gasteiger partial charge on any atom is 0.335 e. The van der Waals surface area contributed by atoms with Crippen molar-refractivity contribution in [2.75, 3.05) is 36.6 Å². The van der Waals surface area contributed by atoms with Crippen LogP contribution in [-0.4, -0.2) is 55.3 Å². The molecule has 0 saturated heterocycles. The molecule has 210 valence electrons. The van der Waals surface area contributed by atoms with Crippen LogP contribution in [0.5, 0.6) is 5.75 Å². The minimum atomic E-state index is -1.33. The zero-order chi connectivity index (χ0) is 28.9. The first kappa shape index (κ1) is 29.1. The van der Waals surface area contributed by atoms with Crippen LogP contribution >= 0.6 is 11.6 Å². The first-order valence-electron chi connectivity index (χ1n) is 13.2. The summed E-state index contributed by atoms with van der Waals surface area (Å²) in [5, 5.41) is 9.93. The molecule has 0 fully saturated rings. The number of hydrogen-bond acceptors (Lipinski definition) is 5. The highest BCUT2D eigenvalue weighted by Crippen LogP contribution is 2.38. The summed E-state index contributed by atoms with van der Waals surface area (Å²) in [5.41, 5.74) is 1.47. The smallest absolute Gasteiger partial charge is 0.335 e. The number of methoxy groups -OCH3 is 1. The summed E-state index contributed by atoms with van der Waals surface area (Å²) in [6, 6.07) is 21.5. The van der Waals surface area contributed by atoms with Gasteiger partial charge >= 0.3 is 5.97 Å². The summed E-state index contributed by atoms with van der Waals surface area (Å²) in [7, 11) is 1.35. The Bertz CT molecular complexity index is 1360. The number of rotatable bonds is 10. The normalized spacial score (nSPS) is 16.0. The first-order valence-corrected chi connectivity index (χ1v) is 13.6. The Kier molecular flexibility index (Phi) is 9.12. The Morgan fingerprint density at radius 3 is 2.35 bits per heavy atom. The summed E-state index contributed by atoms with van der Waals surface area (Å²) in [5.74, 6) is -1.11. The molecular formula is C31H33ClN2O6. The molecule has 0 spiro atoms. The van der Waals surface area contributed by atoms with Gasteiger partial charge in [-0.05, 0) is 80.4 Å². The Morgan fingerprint density at radius 1 is 1.05 bits per heavy atom. The largest absolute Gasteiger partial charge is 0.493 e. The van der Waals surface area contributed by atoms with Gasteiger partial charge in [-0.25, -0.2) is 4.79 Å². The number of carboxylic acid groups (broad SMARTS) is 1. The zero-order valence-corrected chi connectivity index (χ0v) is 23.6. The molecule has 8 nitrogen and oxygen atoms in total. The maximum atomic E-state index is 13.7. The van der Waals surface area contributed by atoms with Crippen molar-refractivity contribution in [2.24, 2.45) is 0 Å². The lowest BCUT2D eigenvalue weighted by Gasteiger charge is -2.36. The Labute approximate surface area is 239 Å². The van der Waals surface area contributed by atoms with Crippen molar-refractivity contribution in [1.29, 1.82) is 0 Å². The zero-order valence-electron chi connectivity index (χ0n) is 22.8. The van der Waals surface area contributed by atoms with Gasteiger partial charge in [0.05, 0.1) is 12.5 Å².